The third-order valence-electron chi connectivity index (χ3n) is 1.31. The Morgan fingerprint density at radius 1 is 1.36 bits per heavy atom. The lowest BCUT2D eigenvalue weighted by Gasteiger charge is -1.99. The summed E-state index contributed by atoms with van der Waals surface area (Å²) in [6.45, 7) is 3.40. The number of amides is 1. The monoisotopic (exact) mass is 148 g/mol. The van der Waals surface area contributed by atoms with Gasteiger partial charge in [-0.2, -0.15) is 0 Å². The van der Waals surface area contributed by atoms with Crippen LogP contribution in [0, 0.1) is 6.54 Å². The Labute approximate surface area is 66.2 Å². The van der Waals surface area contributed by atoms with Crippen molar-refractivity contribution >= 4 is 5.91 Å². The molecule has 1 N–H and O–H groups in total. The third-order valence-corrected chi connectivity index (χ3v) is 1.31. The second-order valence-electron chi connectivity index (χ2n) is 2.13. The zero-order chi connectivity index (χ0) is 8.10. The molecule has 0 unspecified atom stereocenters. The van der Waals surface area contributed by atoms with Gasteiger partial charge in [0.1, 0.15) is 0 Å². The summed E-state index contributed by atoms with van der Waals surface area (Å²) in [6, 6.07) is 9.11. The molecule has 0 saturated carbocycles. The predicted octanol–water partition coefficient (Wildman–Crippen LogP) is 1.60. The van der Waals surface area contributed by atoms with Crippen molar-refractivity contribution in [3.05, 3.63) is 42.4 Å². The van der Waals surface area contributed by atoms with Gasteiger partial charge in [0.15, 0.2) is 0 Å². The summed E-state index contributed by atoms with van der Waals surface area (Å²) in [5.41, 5.74) is 0.686. The van der Waals surface area contributed by atoms with E-state index < -0.39 is 0 Å². The molecular formula is C9H10NO. The Morgan fingerprint density at radius 2 is 2.00 bits per heavy atom. The first-order valence-electron chi connectivity index (χ1n) is 3.48. The minimum atomic E-state index is -0.0619. The van der Waals surface area contributed by atoms with E-state index in [0.717, 1.165) is 0 Å². The smallest absolute Gasteiger partial charge is 0.251 e. The molecule has 1 aromatic rings. The molecule has 0 atom stereocenters. The van der Waals surface area contributed by atoms with Crippen LogP contribution in [0.2, 0.25) is 0 Å². The van der Waals surface area contributed by atoms with Gasteiger partial charge in [-0.1, -0.05) is 18.2 Å². The molecule has 0 fully saturated rings. The van der Waals surface area contributed by atoms with E-state index >= 15 is 0 Å². The normalized spacial score (nSPS) is 9.18. The lowest BCUT2D eigenvalue weighted by Crippen LogP contribution is -2.18. The Balaban J connectivity index is 2.69. The van der Waals surface area contributed by atoms with E-state index in [2.05, 4.69) is 5.32 Å². The Kier molecular flexibility index (Phi) is 2.66. The summed E-state index contributed by atoms with van der Waals surface area (Å²) >= 11 is 0. The molecule has 0 aliphatic heterocycles. The maximum Gasteiger partial charge on any atom is 0.251 e. The van der Waals surface area contributed by atoms with Gasteiger partial charge in [-0.05, 0) is 19.1 Å². The SMILES string of the molecule is C[CH]NC(=O)c1ccccc1. The molecule has 11 heavy (non-hydrogen) atoms. The Bertz CT molecular complexity index is 231. The molecule has 0 aliphatic rings. The molecule has 0 spiro atoms. The first kappa shape index (κ1) is 7.79. The van der Waals surface area contributed by atoms with Crippen molar-refractivity contribution in [3.63, 3.8) is 0 Å². The van der Waals surface area contributed by atoms with E-state index in [1.165, 1.54) is 0 Å². The second-order valence-corrected chi connectivity index (χ2v) is 2.13. The van der Waals surface area contributed by atoms with Crippen LogP contribution in [0.3, 0.4) is 0 Å². The van der Waals surface area contributed by atoms with Crippen molar-refractivity contribution in [1.29, 1.82) is 0 Å². The van der Waals surface area contributed by atoms with E-state index in [1.807, 2.05) is 18.2 Å². The summed E-state index contributed by atoms with van der Waals surface area (Å²) in [4.78, 5) is 11.1. The van der Waals surface area contributed by atoms with Gasteiger partial charge in [0.25, 0.3) is 5.91 Å². The Hall–Kier alpha value is -1.31. The highest BCUT2D eigenvalue weighted by Crippen LogP contribution is 1.97. The van der Waals surface area contributed by atoms with Gasteiger partial charge in [0.2, 0.25) is 0 Å². The fraction of sp³-hybridized carbons (Fsp3) is 0.111. The van der Waals surface area contributed by atoms with Gasteiger partial charge in [0.05, 0.1) is 0 Å². The maximum absolute atomic E-state index is 11.1. The molecule has 0 heterocycles. The number of carbonyl (C=O) groups is 1. The number of hydrogen-bond donors (Lipinski definition) is 1. The Morgan fingerprint density at radius 3 is 2.55 bits per heavy atom. The van der Waals surface area contributed by atoms with Crippen molar-refractivity contribution < 1.29 is 4.79 Å². The fourth-order valence-electron chi connectivity index (χ4n) is 0.804. The molecule has 0 aromatic heterocycles. The van der Waals surface area contributed by atoms with Gasteiger partial charge in [-0.15, -0.1) is 0 Å². The first-order valence-corrected chi connectivity index (χ1v) is 3.48. The average molecular weight is 148 g/mol. The summed E-state index contributed by atoms with van der Waals surface area (Å²) in [5, 5.41) is 2.60. The number of hydrogen-bond acceptors (Lipinski definition) is 1. The molecule has 1 radical (unpaired) electrons. The summed E-state index contributed by atoms with van der Waals surface area (Å²) in [5.74, 6) is -0.0619. The molecule has 0 saturated heterocycles. The minimum Gasteiger partial charge on any atom is -0.348 e. The van der Waals surface area contributed by atoms with Gasteiger partial charge >= 0.3 is 0 Å². The van der Waals surface area contributed by atoms with Crippen molar-refractivity contribution in [1.82, 2.24) is 5.32 Å². The largest absolute Gasteiger partial charge is 0.348 e. The molecule has 2 nitrogen and oxygen atoms in total. The zero-order valence-electron chi connectivity index (χ0n) is 6.37. The molecule has 57 valence electrons. The van der Waals surface area contributed by atoms with Crippen LogP contribution in [-0.2, 0) is 0 Å². The van der Waals surface area contributed by atoms with Crippen LogP contribution in [-0.4, -0.2) is 5.91 Å². The molecule has 0 bridgehead atoms. The van der Waals surface area contributed by atoms with Crippen molar-refractivity contribution in [2.75, 3.05) is 0 Å². The van der Waals surface area contributed by atoms with Crippen LogP contribution in [0.5, 0.6) is 0 Å². The maximum atomic E-state index is 11.1. The van der Waals surface area contributed by atoms with Crippen LogP contribution in [0.25, 0.3) is 0 Å². The second kappa shape index (κ2) is 3.76. The first-order chi connectivity index (χ1) is 5.34. The molecule has 1 rings (SSSR count). The predicted molar refractivity (Wildman–Crippen MR) is 43.9 cm³/mol. The molecule has 1 aromatic carbocycles. The van der Waals surface area contributed by atoms with Gasteiger partial charge in [-0.3, -0.25) is 4.79 Å². The van der Waals surface area contributed by atoms with Crippen molar-refractivity contribution in [2.45, 2.75) is 6.92 Å². The van der Waals surface area contributed by atoms with E-state index in [0.29, 0.717) is 5.56 Å². The van der Waals surface area contributed by atoms with E-state index in [1.54, 1.807) is 25.6 Å². The summed E-state index contributed by atoms with van der Waals surface area (Å²) in [6.07, 6.45) is 0. The van der Waals surface area contributed by atoms with Crippen molar-refractivity contribution in [2.24, 2.45) is 0 Å². The lowest BCUT2D eigenvalue weighted by atomic mass is 10.2. The topological polar surface area (TPSA) is 29.1 Å². The highest BCUT2D eigenvalue weighted by Gasteiger charge is 2.00. The molecule has 1 amide bonds. The standard InChI is InChI=1S/C9H10NO/c1-2-10-9(11)8-6-4-3-5-7-8/h2-7H,1H3,(H,10,11). The van der Waals surface area contributed by atoms with Crippen LogP contribution in [0.1, 0.15) is 17.3 Å². The van der Waals surface area contributed by atoms with Crippen LogP contribution < -0.4 is 5.32 Å². The van der Waals surface area contributed by atoms with E-state index in [-0.39, 0.29) is 5.91 Å². The zero-order valence-corrected chi connectivity index (χ0v) is 6.37. The highest BCUT2D eigenvalue weighted by atomic mass is 16.1. The van der Waals surface area contributed by atoms with Gasteiger partial charge in [-0.25, -0.2) is 0 Å². The molecular weight excluding hydrogens is 138 g/mol. The quantitative estimate of drug-likeness (QED) is 0.678. The van der Waals surface area contributed by atoms with Gasteiger partial charge < -0.3 is 5.32 Å². The summed E-state index contributed by atoms with van der Waals surface area (Å²) < 4.78 is 0. The van der Waals surface area contributed by atoms with Crippen molar-refractivity contribution in [3.8, 4) is 0 Å². The number of benzene rings is 1. The number of rotatable bonds is 2. The average Bonchev–Trinajstić information content (AvgIpc) is 2.07. The van der Waals surface area contributed by atoms with Crippen LogP contribution in [0.15, 0.2) is 30.3 Å². The number of nitrogens with one attached hydrogen (secondary N) is 1. The minimum absolute atomic E-state index is 0.0619. The van der Waals surface area contributed by atoms with E-state index in [4.69, 9.17) is 0 Å². The molecule has 2 heteroatoms. The highest BCUT2D eigenvalue weighted by molar-refractivity contribution is 5.94. The van der Waals surface area contributed by atoms with E-state index in [9.17, 15) is 4.79 Å². The molecule has 0 aliphatic carbocycles. The summed E-state index contributed by atoms with van der Waals surface area (Å²) in [7, 11) is 0. The van der Waals surface area contributed by atoms with Crippen LogP contribution >= 0.6 is 0 Å². The lowest BCUT2D eigenvalue weighted by molar-refractivity contribution is 0.0964. The fourth-order valence-corrected chi connectivity index (χ4v) is 0.804. The third kappa shape index (κ3) is 2.08. The van der Waals surface area contributed by atoms with Crippen LogP contribution in [0.4, 0.5) is 0 Å². The number of carbonyl (C=O) groups excluding carboxylic acids is 1. The van der Waals surface area contributed by atoms with Gasteiger partial charge in [0, 0.05) is 12.1 Å².